The largest absolute Gasteiger partial charge is 0.445 e. The normalized spacial score (nSPS) is 11.8. The number of nitrogens with one attached hydrogen (secondary N) is 2. The van der Waals surface area contributed by atoms with Gasteiger partial charge in [-0.3, -0.25) is 0 Å². The van der Waals surface area contributed by atoms with E-state index in [-0.39, 0.29) is 12.5 Å². The Labute approximate surface area is 124 Å². The van der Waals surface area contributed by atoms with Crippen LogP contribution in [0.15, 0.2) is 30.3 Å². The Bertz CT molecular complexity index is 448. The van der Waals surface area contributed by atoms with Crippen LogP contribution in [0.4, 0.5) is 4.79 Å². The van der Waals surface area contributed by atoms with E-state index in [4.69, 9.17) is 9.57 Å². The molecule has 6 nitrogen and oxygen atoms in total. The molecule has 0 aliphatic carbocycles. The number of hydrogen-bond acceptors (Lipinski definition) is 5. The summed E-state index contributed by atoms with van der Waals surface area (Å²) in [6, 6.07) is 8.59. The third-order valence-corrected chi connectivity index (χ3v) is 2.70. The number of hydrogen-bond donors (Lipinski definition) is 2. The number of alkyl carbamates (subject to hydrolysis) is 1. The van der Waals surface area contributed by atoms with E-state index >= 15 is 0 Å². The molecule has 116 valence electrons. The van der Waals surface area contributed by atoms with Gasteiger partial charge < -0.3 is 14.9 Å². The Kier molecular flexibility index (Phi) is 7.25. The first-order valence-corrected chi connectivity index (χ1v) is 6.87. The predicted octanol–water partition coefficient (Wildman–Crippen LogP) is 2.01. The minimum atomic E-state index is -0.735. The fourth-order valence-electron chi connectivity index (χ4n) is 1.76. The lowest BCUT2D eigenvalue weighted by Crippen LogP contribution is -2.44. The lowest BCUT2D eigenvalue weighted by Gasteiger charge is -2.18. The number of hydroxylamine groups is 1. The average Bonchev–Trinajstić information content (AvgIpc) is 2.45. The number of amides is 1. The molecular formula is C15H22N2O4. The van der Waals surface area contributed by atoms with E-state index in [1.807, 2.05) is 44.2 Å². The summed E-state index contributed by atoms with van der Waals surface area (Å²) in [6.45, 7) is 4.06. The van der Waals surface area contributed by atoms with Crippen LogP contribution in [0.5, 0.6) is 0 Å². The molecule has 0 aliphatic heterocycles. The van der Waals surface area contributed by atoms with Crippen molar-refractivity contribution in [2.45, 2.75) is 32.9 Å². The van der Waals surface area contributed by atoms with Gasteiger partial charge in [-0.25, -0.2) is 9.59 Å². The fraction of sp³-hybridized carbons (Fsp3) is 0.467. The zero-order valence-electron chi connectivity index (χ0n) is 12.6. The Morgan fingerprint density at radius 3 is 2.43 bits per heavy atom. The highest BCUT2D eigenvalue weighted by atomic mass is 16.7. The van der Waals surface area contributed by atoms with Crippen LogP contribution in [-0.2, 0) is 21.0 Å². The van der Waals surface area contributed by atoms with Crippen molar-refractivity contribution < 1.29 is 19.2 Å². The van der Waals surface area contributed by atoms with Crippen molar-refractivity contribution in [2.24, 2.45) is 5.92 Å². The van der Waals surface area contributed by atoms with Crippen molar-refractivity contribution in [1.29, 1.82) is 0 Å². The van der Waals surface area contributed by atoms with Crippen LogP contribution in [0.2, 0.25) is 0 Å². The molecule has 1 atom stereocenters. The summed E-state index contributed by atoms with van der Waals surface area (Å²) < 4.78 is 5.09. The van der Waals surface area contributed by atoms with E-state index in [9.17, 15) is 9.59 Å². The topological polar surface area (TPSA) is 76.7 Å². The molecule has 0 saturated heterocycles. The van der Waals surface area contributed by atoms with Crippen LogP contribution in [0.1, 0.15) is 25.8 Å². The second kappa shape index (κ2) is 8.97. The molecule has 0 bridgehead atoms. The highest BCUT2D eigenvalue weighted by Gasteiger charge is 2.24. The zero-order valence-corrected chi connectivity index (χ0v) is 12.6. The van der Waals surface area contributed by atoms with E-state index in [0.29, 0.717) is 6.42 Å². The van der Waals surface area contributed by atoms with Gasteiger partial charge in [-0.15, -0.1) is 0 Å². The van der Waals surface area contributed by atoms with Crippen molar-refractivity contribution in [3.8, 4) is 0 Å². The van der Waals surface area contributed by atoms with Crippen LogP contribution < -0.4 is 10.8 Å². The highest BCUT2D eigenvalue weighted by molar-refractivity contribution is 5.81. The monoisotopic (exact) mass is 294 g/mol. The molecule has 1 amide bonds. The van der Waals surface area contributed by atoms with Gasteiger partial charge >= 0.3 is 12.1 Å². The summed E-state index contributed by atoms with van der Waals surface area (Å²) in [6.07, 6.45) is -0.168. The van der Waals surface area contributed by atoms with E-state index in [1.54, 1.807) is 0 Å². The maximum atomic E-state index is 11.8. The van der Waals surface area contributed by atoms with Gasteiger partial charge in [-0.1, -0.05) is 44.2 Å². The predicted molar refractivity (Wildman–Crippen MR) is 78.2 cm³/mol. The summed E-state index contributed by atoms with van der Waals surface area (Å²) in [5, 5.41) is 2.53. The van der Waals surface area contributed by atoms with Crippen molar-refractivity contribution in [1.82, 2.24) is 10.8 Å². The molecule has 0 spiro atoms. The molecule has 6 heteroatoms. The summed E-state index contributed by atoms with van der Waals surface area (Å²) in [7, 11) is 1.48. The fourth-order valence-corrected chi connectivity index (χ4v) is 1.76. The second-order valence-corrected chi connectivity index (χ2v) is 5.01. The highest BCUT2D eigenvalue weighted by Crippen LogP contribution is 2.07. The van der Waals surface area contributed by atoms with E-state index in [2.05, 4.69) is 10.8 Å². The maximum absolute atomic E-state index is 11.8. The molecule has 1 rings (SSSR count). The van der Waals surface area contributed by atoms with Crippen molar-refractivity contribution in [3.05, 3.63) is 35.9 Å². The molecule has 0 unspecified atom stereocenters. The molecule has 21 heavy (non-hydrogen) atoms. The van der Waals surface area contributed by atoms with Crippen LogP contribution in [0.25, 0.3) is 0 Å². The van der Waals surface area contributed by atoms with E-state index in [0.717, 1.165) is 5.56 Å². The molecular weight excluding hydrogens is 272 g/mol. The maximum Gasteiger partial charge on any atom is 0.408 e. The summed E-state index contributed by atoms with van der Waals surface area (Å²) >= 11 is 0. The second-order valence-electron chi connectivity index (χ2n) is 5.01. The van der Waals surface area contributed by atoms with Gasteiger partial charge in [0.15, 0.2) is 0 Å². The van der Waals surface area contributed by atoms with Crippen molar-refractivity contribution in [3.63, 3.8) is 0 Å². The van der Waals surface area contributed by atoms with Gasteiger partial charge in [0.2, 0.25) is 0 Å². The quantitative estimate of drug-likeness (QED) is 0.752. The minimum absolute atomic E-state index is 0.155. The number of rotatable bonds is 7. The number of ether oxygens (including phenoxy) is 1. The number of carbonyl (C=O) groups excluding carboxylic acids is 2. The van der Waals surface area contributed by atoms with Crippen LogP contribution in [-0.4, -0.2) is 25.2 Å². The number of carbonyl (C=O) groups is 2. The van der Waals surface area contributed by atoms with Crippen molar-refractivity contribution in [2.75, 3.05) is 7.05 Å². The molecule has 1 aromatic carbocycles. The van der Waals surface area contributed by atoms with Crippen LogP contribution in [0.3, 0.4) is 0 Å². The van der Waals surface area contributed by atoms with Gasteiger partial charge in [0.1, 0.15) is 12.6 Å². The zero-order chi connectivity index (χ0) is 15.7. The Morgan fingerprint density at radius 2 is 1.86 bits per heavy atom. The van der Waals surface area contributed by atoms with Gasteiger partial charge in [-0.2, -0.15) is 5.48 Å². The molecule has 0 radical (unpaired) electrons. The van der Waals surface area contributed by atoms with Crippen LogP contribution in [0, 0.1) is 5.92 Å². The smallest absolute Gasteiger partial charge is 0.408 e. The van der Waals surface area contributed by atoms with Gasteiger partial charge in [-0.05, 0) is 17.9 Å². The number of benzene rings is 1. The third-order valence-electron chi connectivity index (χ3n) is 2.70. The van der Waals surface area contributed by atoms with E-state index in [1.165, 1.54) is 7.05 Å². The van der Waals surface area contributed by atoms with E-state index < -0.39 is 18.1 Å². The standard InChI is InChI=1S/C15H22N2O4/c1-11(2)9-13(14(18)21-16-3)17-15(19)20-10-12-7-5-4-6-8-12/h4-8,11,13,16H,9-10H2,1-3H3,(H,17,19)/t13-/m0/s1. The molecule has 0 fully saturated rings. The SMILES string of the molecule is CNOC(=O)[C@H](CC(C)C)NC(=O)OCc1ccccc1. The first-order chi connectivity index (χ1) is 10.0. The Hall–Kier alpha value is -2.08. The van der Waals surface area contributed by atoms with Gasteiger partial charge in [0.25, 0.3) is 0 Å². The molecule has 0 aromatic heterocycles. The van der Waals surface area contributed by atoms with Gasteiger partial charge in [0.05, 0.1) is 0 Å². The first kappa shape index (κ1) is 17.0. The minimum Gasteiger partial charge on any atom is -0.445 e. The average molecular weight is 294 g/mol. The lowest BCUT2D eigenvalue weighted by atomic mass is 10.0. The van der Waals surface area contributed by atoms with Gasteiger partial charge in [0, 0.05) is 7.05 Å². The molecule has 1 aromatic rings. The molecule has 2 N–H and O–H groups in total. The summed E-state index contributed by atoms with van der Waals surface area (Å²) in [4.78, 5) is 28.2. The molecule has 0 heterocycles. The van der Waals surface area contributed by atoms with Crippen molar-refractivity contribution >= 4 is 12.1 Å². The summed E-state index contributed by atoms with van der Waals surface area (Å²) in [5.74, 6) is -0.309. The summed E-state index contributed by atoms with van der Waals surface area (Å²) in [5.41, 5.74) is 3.19. The molecule has 0 aliphatic rings. The molecule has 0 saturated carbocycles. The Balaban J connectivity index is 2.49. The Morgan fingerprint density at radius 1 is 1.19 bits per heavy atom. The van der Waals surface area contributed by atoms with Crippen LogP contribution >= 0.6 is 0 Å². The third kappa shape index (κ3) is 6.76. The first-order valence-electron chi connectivity index (χ1n) is 6.87. The lowest BCUT2D eigenvalue weighted by molar-refractivity contribution is -0.152.